The van der Waals surface area contributed by atoms with Crippen LogP contribution in [0, 0.1) is 6.92 Å². The number of aryl methyl sites for hydroxylation is 3. The topological polar surface area (TPSA) is 132 Å². The van der Waals surface area contributed by atoms with Crippen molar-refractivity contribution in [1.82, 2.24) is 15.0 Å². The van der Waals surface area contributed by atoms with Crippen LogP contribution in [0.5, 0.6) is 5.88 Å². The highest BCUT2D eigenvalue weighted by Crippen LogP contribution is 2.17. The number of nitrogens with two attached hydrogens (primary N) is 2. The third-order valence-electron chi connectivity index (χ3n) is 4.56. The Hall–Kier alpha value is -3.68. The predicted octanol–water partition coefficient (Wildman–Crippen LogP) is 2.18. The molecule has 0 saturated heterocycles. The van der Waals surface area contributed by atoms with Crippen molar-refractivity contribution >= 4 is 11.6 Å². The number of hydrogen-bond donors (Lipinski definition) is 3. The molecular formula is C22H26N6O2. The third-order valence-corrected chi connectivity index (χ3v) is 4.56. The first-order chi connectivity index (χ1) is 14.5. The van der Waals surface area contributed by atoms with E-state index in [1.54, 1.807) is 18.3 Å². The second-order valence-electron chi connectivity index (χ2n) is 6.90. The molecule has 0 fully saturated rings. The predicted molar refractivity (Wildman–Crippen MR) is 117 cm³/mol. The summed E-state index contributed by atoms with van der Waals surface area (Å²) < 4.78 is 5.64. The molecule has 1 aromatic carbocycles. The van der Waals surface area contributed by atoms with Crippen molar-refractivity contribution in [2.75, 3.05) is 6.61 Å². The monoisotopic (exact) mass is 406 g/mol. The number of pyridine rings is 1. The van der Waals surface area contributed by atoms with Gasteiger partial charge in [0.05, 0.1) is 12.3 Å². The van der Waals surface area contributed by atoms with Gasteiger partial charge in [0.2, 0.25) is 5.88 Å². The summed E-state index contributed by atoms with van der Waals surface area (Å²) in [5.74, 6) is 1.07. The van der Waals surface area contributed by atoms with Crippen molar-refractivity contribution in [2.24, 2.45) is 16.5 Å². The van der Waals surface area contributed by atoms with Gasteiger partial charge in [-0.3, -0.25) is 4.79 Å². The number of aromatic nitrogens is 3. The van der Waals surface area contributed by atoms with Gasteiger partial charge in [0.25, 0.3) is 5.56 Å². The van der Waals surface area contributed by atoms with E-state index in [0.29, 0.717) is 43.3 Å². The van der Waals surface area contributed by atoms with Gasteiger partial charge < -0.3 is 21.2 Å². The van der Waals surface area contributed by atoms with Crippen molar-refractivity contribution in [3.63, 3.8) is 0 Å². The van der Waals surface area contributed by atoms with E-state index >= 15 is 0 Å². The lowest BCUT2D eigenvalue weighted by atomic mass is 10.0. The van der Waals surface area contributed by atoms with Crippen LogP contribution in [0.3, 0.4) is 0 Å². The summed E-state index contributed by atoms with van der Waals surface area (Å²) >= 11 is 0. The minimum atomic E-state index is -0.0686. The number of nitrogens with zero attached hydrogens (tertiary/aromatic N) is 3. The molecule has 3 aromatic rings. The van der Waals surface area contributed by atoms with Crippen LogP contribution in [-0.2, 0) is 19.3 Å². The van der Waals surface area contributed by atoms with Crippen molar-refractivity contribution in [1.29, 1.82) is 0 Å². The van der Waals surface area contributed by atoms with E-state index in [0.717, 1.165) is 17.7 Å². The Bertz CT molecular complexity index is 1060. The van der Waals surface area contributed by atoms with Crippen LogP contribution in [0.4, 0.5) is 5.69 Å². The molecular weight excluding hydrogens is 380 g/mol. The summed E-state index contributed by atoms with van der Waals surface area (Å²) in [5.41, 5.74) is 14.0. The van der Waals surface area contributed by atoms with E-state index in [1.165, 1.54) is 5.56 Å². The van der Waals surface area contributed by atoms with Crippen molar-refractivity contribution in [3.05, 3.63) is 81.7 Å². The maximum atomic E-state index is 12.5. The van der Waals surface area contributed by atoms with E-state index in [4.69, 9.17) is 16.2 Å². The van der Waals surface area contributed by atoms with Crippen LogP contribution >= 0.6 is 0 Å². The average molecular weight is 406 g/mol. The first-order valence-corrected chi connectivity index (χ1v) is 9.82. The molecule has 0 aliphatic rings. The Morgan fingerprint density at radius 2 is 1.93 bits per heavy atom. The maximum Gasteiger partial charge on any atom is 0.254 e. The molecule has 156 valence electrons. The number of guanidine groups is 1. The highest BCUT2D eigenvalue weighted by molar-refractivity contribution is 5.79. The van der Waals surface area contributed by atoms with Crippen LogP contribution in [0.25, 0.3) is 0 Å². The molecule has 0 aliphatic carbocycles. The number of benzene rings is 1. The van der Waals surface area contributed by atoms with Gasteiger partial charge in [-0.1, -0.05) is 30.3 Å². The summed E-state index contributed by atoms with van der Waals surface area (Å²) in [6, 6.07) is 13.5. The molecule has 2 aromatic heterocycles. The number of hydrogen-bond acceptors (Lipinski definition) is 5. The molecule has 0 amide bonds. The molecule has 2 heterocycles. The van der Waals surface area contributed by atoms with Gasteiger partial charge in [0.1, 0.15) is 5.82 Å². The number of ether oxygens (including phenoxy) is 1. The summed E-state index contributed by atoms with van der Waals surface area (Å²) in [6.07, 6.45) is 4.33. The molecule has 0 atom stereocenters. The standard InChI is InChI=1S/C22H26N6O2/c1-15-18(10-9-16-6-3-2-4-7-16)21(29)28-19(26-15)8-5-13-30-20-14-17(11-12-25-20)27-22(23)24/h2-4,6-7,11-12,14H,5,8-10,13H2,1H3,(H,26,28,29)(H4,23,24,25,27). The Morgan fingerprint density at radius 1 is 1.13 bits per heavy atom. The van der Waals surface area contributed by atoms with E-state index in [2.05, 4.69) is 32.1 Å². The molecule has 5 N–H and O–H groups in total. The zero-order valence-corrected chi connectivity index (χ0v) is 17.0. The SMILES string of the molecule is Cc1nc(CCCOc2cc(N=C(N)N)ccn2)[nH]c(=O)c1CCc1ccccc1. The van der Waals surface area contributed by atoms with Crippen molar-refractivity contribution < 1.29 is 4.74 Å². The van der Waals surface area contributed by atoms with Gasteiger partial charge in [-0.25, -0.2) is 15.0 Å². The number of nitrogens with one attached hydrogen (secondary N) is 1. The van der Waals surface area contributed by atoms with Crippen LogP contribution in [0.15, 0.2) is 58.4 Å². The van der Waals surface area contributed by atoms with Crippen LogP contribution in [0.2, 0.25) is 0 Å². The van der Waals surface area contributed by atoms with Gasteiger partial charge >= 0.3 is 0 Å². The lowest BCUT2D eigenvalue weighted by Crippen LogP contribution is -2.21. The normalized spacial score (nSPS) is 10.6. The molecule has 0 spiro atoms. The zero-order chi connectivity index (χ0) is 21.3. The van der Waals surface area contributed by atoms with E-state index in [9.17, 15) is 4.79 Å². The smallest absolute Gasteiger partial charge is 0.254 e. The molecule has 30 heavy (non-hydrogen) atoms. The average Bonchev–Trinajstić information content (AvgIpc) is 2.71. The fourth-order valence-electron chi connectivity index (χ4n) is 3.11. The molecule has 0 bridgehead atoms. The molecule has 8 nitrogen and oxygen atoms in total. The van der Waals surface area contributed by atoms with E-state index < -0.39 is 0 Å². The van der Waals surface area contributed by atoms with Gasteiger partial charge in [0.15, 0.2) is 5.96 Å². The van der Waals surface area contributed by atoms with E-state index in [-0.39, 0.29) is 11.5 Å². The molecule has 0 saturated carbocycles. The van der Waals surface area contributed by atoms with Gasteiger partial charge in [-0.05, 0) is 37.8 Å². The minimum Gasteiger partial charge on any atom is -0.478 e. The van der Waals surface area contributed by atoms with Crippen molar-refractivity contribution in [3.8, 4) is 5.88 Å². The maximum absolute atomic E-state index is 12.5. The molecule has 8 heteroatoms. The highest BCUT2D eigenvalue weighted by atomic mass is 16.5. The van der Waals surface area contributed by atoms with Gasteiger partial charge in [0, 0.05) is 29.9 Å². The quantitative estimate of drug-likeness (QED) is 0.283. The number of H-pyrrole nitrogens is 1. The summed E-state index contributed by atoms with van der Waals surface area (Å²) in [7, 11) is 0. The van der Waals surface area contributed by atoms with Gasteiger partial charge in [-0.2, -0.15) is 0 Å². The number of aliphatic imine (C=N–C) groups is 1. The Balaban J connectivity index is 1.52. The van der Waals surface area contributed by atoms with Crippen LogP contribution in [-0.4, -0.2) is 27.5 Å². The fraction of sp³-hybridized carbons (Fsp3) is 0.273. The molecule has 3 rings (SSSR count). The lowest BCUT2D eigenvalue weighted by Gasteiger charge is -2.08. The minimum absolute atomic E-state index is 0.0234. The second-order valence-corrected chi connectivity index (χ2v) is 6.90. The van der Waals surface area contributed by atoms with Gasteiger partial charge in [-0.15, -0.1) is 0 Å². The summed E-state index contributed by atoms with van der Waals surface area (Å²) in [4.78, 5) is 28.0. The zero-order valence-electron chi connectivity index (χ0n) is 17.0. The van der Waals surface area contributed by atoms with E-state index in [1.807, 2.05) is 25.1 Å². The Kier molecular flexibility index (Phi) is 7.15. The lowest BCUT2D eigenvalue weighted by molar-refractivity contribution is 0.298. The largest absolute Gasteiger partial charge is 0.478 e. The number of aromatic amines is 1. The van der Waals surface area contributed by atoms with Crippen LogP contribution < -0.4 is 21.8 Å². The highest BCUT2D eigenvalue weighted by Gasteiger charge is 2.09. The molecule has 0 unspecified atom stereocenters. The summed E-state index contributed by atoms with van der Waals surface area (Å²) in [5, 5.41) is 0. The Labute approximate surface area is 175 Å². The first-order valence-electron chi connectivity index (χ1n) is 9.82. The van der Waals surface area contributed by atoms with Crippen molar-refractivity contribution in [2.45, 2.75) is 32.6 Å². The summed E-state index contributed by atoms with van der Waals surface area (Å²) in [6.45, 7) is 2.31. The van der Waals surface area contributed by atoms with Crippen LogP contribution in [0.1, 0.15) is 29.1 Å². The first kappa shape index (κ1) is 21.0. The Morgan fingerprint density at radius 3 is 2.67 bits per heavy atom. The molecule has 0 aliphatic heterocycles. The molecule has 0 radical (unpaired) electrons. The number of rotatable bonds is 9. The second kappa shape index (κ2) is 10.2. The fourth-order valence-corrected chi connectivity index (χ4v) is 3.11. The third kappa shape index (κ3) is 6.16.